The van der Waals surface area contributed by atoms with Crippen molar-refractivity contribution in [2.75, 3.05) is 14.2 Å². The van der Waals surface area contributed by atoms with Gasteiger partial charge in [-0.3, -0.25) is 0 Å². The van der Waals surface area contributed by atoms with Crippen LogP contribution in [0.4, 0.5) is 0 Å². The molecule has 2 aliphatic rings. The van der Waals surface area contributed by atoms with Crippen LogP contribution >= 0.6 is 0 Å². The number of hydrogen-bond donors (Lipinski definition) is 0. The van der Waals surface area contributed by atoms with Gasteiger partial charge in [0.1, 0.15) is 0 Å². The fraction of sp³-hybridized carbons (Fsp3) is 0.867. The van der Waals surface area contributed by atoms with Crippen molar-refractivity contribution in [1.82, 2.24) is 0 Å². The van der Waals surface area contributed by atoms with E-state index in [1.165, 1.54) is 44.1 Å². The quantitative estimate of drug-likeness (QED) is 0.548. The third-order valence-corrected chi connectivity index (χ3v) is 5.09. The van der Waals surface area contributed by atoms with Gasteiger partial charge in [0.05, 0.1) is 0 Å². The Bertz CT molecular complexity index is 283. The fourth-order valence-electron chi connectivity index (χ4n) is 4.52. The zero-order valence-corrected chi connectivity index (χ0v) is 11.5. The highest BCUT2D eigenvalue weighted by atomic mass is 16.7. The highest BCUT2D eigenvalue weighted by Crippen LogP contribution is 2.60. The van der Waals surface area contributed by atoms with Crippen LogP contribution in [0.15, 0.2) is 12.2 Å². The maximum absolute atomic E-state index is 5.66. The average molecular weight is 238 g/mol. The zero-order valence-electron chi connectivity index (χ0n) is 11.5. The molecule has 0 aliphatic heterocycles. The second-order valence-electron chi connectivity index (χ2n) is 5.83. The van der Waals surface area contributed by atoms with E-state index < -0.39 is 0 Å². The monoisotopic (exact) mass is 238 g/mol. The summed E-state index contributed by atoms with van der Waals surface area (Å²) >= 11 is 0. The maximum Gasteiger partial charge on any atom is 0.163 e. The lowest BCUT2D eigenvalue weighted by Crippen LogP contribution is -2.47. The molecule has 0 amide bonds. The standard InChI is InChI=1S/C15H26O2/c1-11(2)13-9-8-12-7-5-6-10-15(12,13)14(16-3)17-4/h12-14H,1,5-10H2,2-4H3. The van der Waals surface area contributed by atoms with Crippen LogP contribution in [0.2, 0.25) is 0 Å². The minimum atomic E-state index is -0.0583. The molecule has 3 unspecified atom stereocenters. The lowest BCUT2D eigenvalue weighted by molar-refractivity contribution is -0.209. The largest absolute Gasteiger partial charge is 0.355 e. The molecule has 0 spiro atoms. The summed E-state index contributed by atoms with van der Waals surface area (Å²) in [5.74, 6) is 1.35. The van der Waals surface area contributed by atoms with E-state index in [2.05, 4.69) is 13.5 Å². The Morgan fingerprint density at radius 2 is 1.88 bits per heavy atom. The van der Waals surface area contributed by atoms with Gasteiger partial charge in [-0.1, -0.05) is 25.0 Å². The van der Waals surface area contributed by atoms with Crippen LogP contribution in [-0.2, 0) is 9.47 Å². The Labute approximate surface area is 105 Å². The van der Waals surface area contributed by atoms with Gasteiger partial charge in [-0.2, -0.15) is 0 Å². The van der Waals surface area contributed by atoms with Crippen molar-refractivity contribution in [3.8, 4) is 0 Å². The molecule has 2 aliphatic carbocycles. The Hall–Kier alpha value is -0.340. The molecule has 0 bridgehead atoms. The van der Waals surface area contributed by atoms with Gasteiger partial charge in [-0.05, 0) is 44.4 Å². The van der Waals surface area contributed by atoms with Crippen LogP contribution < -0.4 is 0 Å². The molecule has 0 saturated heterocycles. The molecule has 0 aromatic rings. The Balaban J connectivity index is 2.34. The smallest absolute Gasteiger partial charge is 0.163 e. The topological polar surface area (TPSA) is 18.5 Å². The lowest BCUT2D eigenvalue weighted by atomic mass is 9.62. The lowest BCUT2D eigenvalue weighted by Gasteiger charge is -2.47. The van der Waals surface area contributed by atoms with Crippen LogP contribution in [0.25, 0.3) is 0 Å². The summed E-state index contributed by atoms with van der Waals surface area (Å²) < 4.78 is 11.3. The van der Waals surface area contributed by atoms with E-state index in [1.54, 1.807) is 14.2 Å². The second kappa shape index (κ2) is 5.11. The molecule has 0 aromatic carbocycles. The number of hydrogen-bond acceptors (Lipinski definition) is 2. The third-order valence-electron chi connectivity index (χ3n) is 5.09. The van der Waals surface area contributed by atoms with Crippen molar-refractivity contribution in [2.24, 2.45) is 17.3 Å². The van der Waals surface area contributed by atoms with Crippen molar-refractivity contribution >= 4 is 0 Å². The minimum absolute atomic E-state index is 0.0583. The first-order valence-corrected chi connectivity index (χ1v) is 6.87. The molecular weight excluding hydrogens is 212 g/mol. The number of rotatable bonds is 4. The SMILES string of the molecule is C=C(C)C1CCC2CCCCC21C(OC)OC. The summed E-state index contributed by atoms with van der Waals surface area (Å²) in [6, 6.07) is 0. The minimum Gasteiger partial charge on any atom is -0.355 e. The van der Waals surface area contributed by atoms with Gasteiger partial charge in [0.2, 0.25) is 0 Å². The Morgan fingerprint density at radius 3 is 2.47 bits per heavy atom. The number of fused-ring (bicyclic) bond motifs is 1. The van der Waals surface area contributed by atoms with Gasteiger partial charge in [-0.15, -0.1) is 0 Å². The first-order chi connectivity index (χ1) is 8.16. The number of ether oxygens (including phenoxy) is 2. The molecule has 98 valence electrons. The summed E-state index contributed by atoms with van der Waals surface area (Å²) in [6.45, 7) is 6.39. The molecule has 2 fully saturated rings. The second-order valence-corrected chi connectivity index (χ2v) is 5.83. The van der Waals surface area contributed by atoms with Crippen molar-refractivity contribution < 1.29 is 9.47 Å². The summed E-state index contributed by atoms with van der Waals surface area (Å²) in [5.41, 5.74) is 1.52. The van der Waals surface area contributed by atoms with E-state index in [4.69, 9.17) is 9.47 Å². The summed E-state index contributed by atoms with van der Waals surface area (Å²) in [6.07, 6.45) is 7.79. The van der Waals surface area contributed by atoms with Gasteiger partial charge >= 0.3 is 0 Å². The van der Waals surface area contributed by atoms with E-state index in [1.807, 2.05) is 0 Å². The summed E-state index contributed by atoms with van der Waals surface area (Å²) in [5, 5.41) is 0. The van der Waals surface area contributed by atoms with Crippen molar-refractivity contribution in [3.05, 3.63) is 12.2 Å². The van der Waals surface area contributed by atoms with E-state index in [0.29, 0.717) is 5.92 Å². The molecule has 17 heavy (non-hydrogen) atoms. The zero-order chi connectivity index (χ0) is 12.5. The Kier molecular flexibility index (Phi) is 3.94. The first kappa shape index (κ1) is 13.1. The molecule has 0 aromatic heterocycles. The van der Waals surface area contributed by atoms with Gasteiger partial charge in [-0.25, -0.2) is 0 Å². The average Bonchev–Trinajstić information content (AvgIpc) is 2.70. The van der Waals surface area contributed by atoms with Gasteiger partial charge in [0, 0.05) is 19.6 Å². The predicted molar refractivity (Wildman–Crippen MR) is 69.7 cm³/mol. The van der Waals surface area contributed by atoms with E-state index in [9.17, 15) is 0 Å². The van der Waals surface area contributed by atoms with Gasteiger partial charge in [0.25, 0.3) is 0 Å². The molecule has 3 atom stereocenters. The van der Waals surface area contributed by atoms with Crippen LogP contribution in [0.3, 0.4) is 0 Å². The third kappa shape index (κ3) is 1.96. The summed E-state index contributed by atoms with van der Waals surface area (Å²) in [7, 11) is 3.56. The van der Waals surface area contributed by atoms with Crippen LogP contribution in [0.1, 0.15) is 45.4 Å². The molecule has 0 heterocycles. The molecule has 2 saturated carbocycles. The molecular formula is C15H26O2. The van der Waals surface area contributed by atoms with Crippen LogP contribution in [-0.4, -0.2) is 20.5 Å². The van der Waals surface area contributed by atoms with Crippen molar-refractivity contribution in [1.29, 1.82) is 0 Å². The molecule has 0 N–H and O–H groups in total. The molecule has 0 radical (unpaired) electrons. The first-order valence-electron chi connectivity index (χ1n) is 6.87. The van der Waals surface area contributed by atoms with Crippen molar-refractivity contribution in [2.45, 2.75) is 51.7 Å². The highest BCUT2D eigenvalue weighted by Gasteiger charge is 2.56. The highest BCUT2D eigenvalue weighted by molar-refractivity contribution is 5.13. The molecule has 2 nitrogen and oxygen atoms in total. The van der Waals surface area contributed by atoms with E-state index in [0.717, 1.165) is 5.92 Å². The molecule has 2 rings (SSSR count). The maximum atomic E-state index is 5.66. The van der Waals surface area contributed by atoms with Crippen molar-refractivity contribution in [3.63, 3.8) is 0 Å². The fourth-order valence-corrected chi connectivity index (χ4v) is 4.52. The summed E-state index contributed by atoms with van der Waals surface area (Å²) in [4.78, 5) is 0. The number of allylic oxidation sites excluding steroid dienone is 1. The van der Waals surface area contributed by atoms with E-state index in [-0.39, 0.29) is 11.7 Å². The van der Waals surface area contributed by atoms with Crippen LogP contribution in [0, 0.1) is 17.3 Å². The van der Waals surface area contributed by atoms with Gasteiger partial charge in [0.15, 0.2) is 6.29 Å². The Morgan fingerprint density at radius 1 is 1.18 bits per heavy atom. The van der Waals surface area contributed by atoms with Crippen LogP contribution in [0.5, 0.6) is 0 Å². The van der Waals surface area contributed by atoms with E-state index >= 15 is 0 Å². The van der Waals surface area contributed by atoms with Gasteiger partial charge < -0.3 is 9.47 Å². The number of methoxy groups -OCH3 is 2. The predicted octanol–water partition coefficient (Wildman–Crippen LogP) is 3.77. The molecule has 2 heteroatoms. The normalized spacial score (nSPS) is 37.2.